The third-order valence-electron chi connectivity index (χ3n) is 3.02. The molecule has 0 fully saturated rings. The molecule has 0 bridgehead atoms. The lowest BCUT2D eigenvalue weighted by atomic mass is 10.2. The van der Waals surface area contributed by atoms with Crippen LogP contribution < -0.4 is 10.6 Å². The van der Waals surface area contributed by atoms with E-state index in [1.807, 2.05) is 37.3 Å². The molecule has 0 atom stereocenters. The van der Waals surface area contributed by atoms with Crippen LogP contribution in [0.3, 0.4) is 0 Å². The van der Waals surface area contributed by atoms with E-state index in [0.717, 1.165) is 21.8 Å². The van der Waals surface area contributed by atoms with Crippen LogP contribution in [0.1, 0.15) is 12.5 Å². The number of halogens is 1. The van der Waals surface area contributed by atoms with Crippen molar-refractivity contribution >= 4 is 46.6 Å². The second-order valence-electron chi connectivity index (χ2n) is 5.00. The van der Waals surface area contributed by atoms with Gasteiger partial charge in [-0.3, -0.25) is 9.59 Å². The number of carbonyl (C=O) groups excluding carboxylic acids is 2. The number of amides is 2. The summed E-state index contributed by atoms with van der Waals surface area (Å²) < 4.78 is 0. The minimum Gasteiger partial charge on any atom is -0.326 e. The Morgan fingerprint density at radius 2 is 1.78 bits per heavy atom. The maximum atomic E-state index is 12.0. The molecule has 2 aromatic carbocycles. The van der Waals surface area contributed by atoms with Crippen molar-refractivity contribution in [3.63, 3.8) is 0 Å². The van der Waals surface area contributed by atoms with Gasteiger partial charge in [-0.1, -0.05) is 17.7 Å². The lowest BCUT2D eigenvalue weighted by Crippen LogP contribution is -2.14. The van der Waals surface area contributed by atoms with Gasteiger partial charge in [0.15, 0.2) is 0 Å². The Labute approximate surface area is 144 Å². The molecule has 0 radical (unpaired) electrons. The summed E-state index contributed by atoms with van der Waals surface area (Å²) in [7, 11) is 0. The van der Waals surface area contributed by atoms with E-state index < -0.39 is 0 Å². The highest BCUT2D eigenvalue weighted by Crippen LogP contribution is 2.23. The predicted molar refractivity (Wildman–Crippen MR) is 96.3 cm³/mol. The normalized spacial score (nSPS) is 10.2. The molecule has 2 rings (SSSR count). The first-order valence-electron chi connectivity index (χ1n) is 7.00. The Morgan fingerprint density at radius 1 is 1.09 bits per heavy atom. The molecule has 0 saturated heterocycles. The average Bonchev–Trinajstić information content (AvgIpc) is 2.50. The number of hydrogen-bond donors (Lipinski definition) is 2. The number of hydrogen-bond acceptors (Lipinski definition) is 3. The SMILES string of the molecule is CC(=O)Nc1ccc(SCC(=O)Nc2cc(Cl)ccc2C)cc1. The molecular weight excluding hydrogens is 332 g/mol. The molecule has 0 aliphatic heterocycles. The summed E-state index contributed by atoms with van der Waals surface area (Å²) >= 11 is 7.37. The summed E-state index contributed by atoms with van der Waals surface area (Å²) in [4.78, 5) is 23.9. The predicted octanol–water partition coefficient (Wildman–Crippen LogP) is 4.34. The van der Waals surface area contributed by atoms with Crippen molar-refractivity contribution < 1.29 is 9.59 Å². The van der Waals surface area contributed by atoms with Gasteiger partial charge in [0.2, 0.25) is 11.8 Å². The Bertz CT molecular complexity index is 717. The van der Waals surface area contributed by atoms with Gasteiger partial charge in [-0.25, -0.2) is 0 Å². The number of aryl methyl sites for hydroxylation is 1. The largest absolute Gasteiger partial charge is 0.326 e. The summed E-state index contributed by atoms with van der Waals surface area (Å²) in [5.41, 5.74) is 2.43. The van der Waals surface area contributed by atoms with E-state index in [1.165, 1.54) is 18.7 Å². The topological polar surface area (TPSA) is 58.2 Å². The minimum absolute atomic E-state index is 0.0914. The standard InChI is InChI=1S/C17H17ClN2O2S/c1-11-3-4-13(18)9-16(11)20-17(22)10-23-15-7-5-14(6-8-15)19-12(2)21/h3-9H,10H2,1-2H3,(H,19,21)(H,20,22). The van der Waals surface area contributed by atoms with Crippen LogP contribution in [0.2, 0.25) is 5.02 Å². The molecule has 0 saturated carbocycles. The highest BCUT2D eigenvalue weighted by molar-refractivity contribution is 8.00. The zero-order valence-corrected chi connectivity index (χ0v) is 14.4. The van der Waals surface area contributed by atoms with Crippen LogP contribution in [0.25, 0.3) is 0 Å². The highest BCUT2D eigenvalue weighted by atomic mass is 35.5. The molecular formula is C17H17ClN2O2S. The van der Waals surface area contributed by atoms with Crippen molar-refractivity contribution in [3.8, 4) is 0 Å². The first-order valence-corrected chi connectivity index (χ1v) is 8.37. The second kappa shape index (κ2) is 8.04. The van der Waals surface area contributed by atoms with Crippen LogP contribution in [-0.4, -0.2) is 17.6 Å². The summed E-state index contributed by atoms with van der Waals surface area (Å²) in [6.45, 7) is 3.38. The van der Waals surface area contributed by atoms with Gasteiger partial charge in [-0.05, 0) is 48.9 Å². The van der Waals surface area contributed by atoms with E-state index in [2.05, 4.69) is 10.6 Å². The second-order valence-corrected chi connectivity index (χ2v) is 6.49. The molecule has 6 heteroatoms. The molecule has 0 heterocycles. The van der Waals surface area contributed by atoms with Gasteiger partial charge in [-0.15, -0.1) is 11.8 Å². The van der Waals surface area contributed by atoms with Crippen molar-refractivity contribution in [1.82, 2.24) is 0 Å². The zero-order valence-electron chi connectivity index (χ0n) is 12.9. The first-order chi connectivity index (χ1) is 10.9. The molecule has 0 aromatic heterocycles. The highest BCUT2D eigenvalue weighted by Gasteiger charge is 2.06. The Balaban J connectivity index is 1.89. The fourth-order valence-electron chi connectivity index (χ4n) is 1.90. The Hall–Kier alpha value is -1.98. The van der Waals surface area contributed by atoms with Crippen molar-refractivity contribution in [2.24, 2.45) is 0 Å². The number of carbonyl (C=O) groups is 2. The third kappa shape index (κ3) is 5.62. The Kier molecular flexibility index (Phi) is 6.07. The van der Waals surface area contributed by atoms with Gasteiger partial charge in [0.1, 0.15) is 0 Å². The lowest BCUT2D eigenvalue weighted by Gasteiger charge is -2.09. The van der Waals surface area contributed by atoms with Gasteiger partial charge >= 0.3 is 0 Å². The maximum Gasteiger partial charge on any atom is 0.234 e. The first kappa shape index (κ1) is 17.4. The summed E-state index contributed by atoms with van der Waals surface area (Å²) in [6, 6.07) is 12.7. The monoisotopic (exact) mass is 348 g/mol. The summed E-state index contributed by atoms with van der Waals surface area (Å²) in [5, 5.41) is 6.15. The molecule has 0 spiro atoms. The molecule has 23 heavy (non-hydrogen) atoms. The summed E-state index contributed by atoms with van der Waals surface area (Å²) in [6.07, 6.45) is 0. The van der Waals surface area contributed by atoms with Gasteiger partial charge in [0, 0.05) is 28.2 Å². The molecule has 0 aliphatic carbocycles. The molecule has 0 unspecified atom stereocenters. The minimum atomic E-state index is -0.110. The van der Waals surface area contributed by atoms with E-state index in [4.69, 9.17) is 11.6 Å². The summed E-state index contributed by atoms with van der Waals surface area (Å²) in [5.74, 6) is 0.0961. The number of rotatable bonds is 5. The number of nitrogens with one attached hydrogen (secondary N) is 2. The van der Waals surface area contributed by atoms with Gasteiger partial charge in [0.25, 0.3) is 0 Å². The zero-order chi connectivity index (χ0) is 16.8. The van der Waals surface area contributed by atoms with Crippen LogP contribution in [0.5, 0.6) is 0 Å². The van der Waals surface area contributed by atoms with E-state index in [0.29, 0.717) is 10.8 Å². The lowest BCUT2D eigenvalue weighted by molar-refractivity contribution is -0.114. The van der Waals surface area contributed by atoms with Crippen LogP contribution in [-0.2, 0) is 9.59 Å². The van der Waals surface area contributed by atoms with Crippen molar-refractivity contribution in [2.75, 3.05) is 16.4 Å². The van der Waals surface area contributed by atoms with E-state index in [-0.39, 0.29) is 11.8 Å². The molecule has 0 aliphatic rings. The quantitative estimate of drug-likeness (QED) is 0.790. The van der Waals surface area contributed by atoms with Crippen LogP contribution in [0, 0.1) is 6.92 Å². The molecule has 120 valence electrons. The molecule has 2 amide bonds. The molecule has 2 aromatic rings. The van der Waals surface area contributed by atoms with E-state index in [9.17, 15) is 9.59 Å². The van der Waals surface area contributed by atoms with Crippen molar-refractivity contribution in [3.05, 3.63) is 53.1 Å². The van der Waals surface area contributed by atoms with Gasteiger partial charge < -0.3 is 10.6 Å². The number of anilines is 2. The third-order valence-corrected chi connectivity index (χ3v) is 4.27. The average molecular weight is 349 g/mol. The molecule has 2 N–H and O–H groups in total. The van der Waals surface area contributed by atoms with Crippen molar-refractivity contribution in [1.29, 1.82) is 0 Å². The number of thioether (sulfide) groups is 1. The van der Waals surface area contributed by atoms with Crippen molar-refractivity contribution in [2.45, 2.75) is 18.7 Å². The van der Waals surface area contributed by atoms with Crippen LogP contribution >= 0.6 is 23.4 Å². The van der Waals surface area contributed by atoms with Gasteiger partial charge in [-0.2, -0.15) is 0 Å². The van der Waals surface area contributed by atoms with Gasteiger partial charge in [0.05, 0.1) is 5.75 Å². The van der Waals surface area contributed by atoms with Crippen LogP contribution in [0.4, 0.5) is 11.4 Å². The number of benzene rings is 2. The molecule has 4 nitrogen and oxygen atoms in total. The van der Waals surface area contributed by atoms with E-state index >= 15 is 0 Å². The smallest absolute Gasteiger partial charge is 0.234 e. The Morgan fingerprint density at radius 3 is 2.43 bits per heavy atom. The maximum absolute atomic E-state index is 12.0. The van der Waals surface area contributed by atoms with E-state index in [1.54, 1.807) is 12.1 Å². The fourth-order valence-corrected chi connectivity index (χ4v) is 2.77. The fraction of sp³-hybridized carbons (Fsp3) is 0.176. The van der Waals surface area contributed by atoms with Crippen LogP contribution in [0.15, 0.2) is 47.4 Å².